The van der Waals surface area contributed by atoms with Gasteiger partial charge in [-0.25, -0.2) is 4.31 Å². The first-order valence-corrected chi connectivity index (χ1v) is 9.65. The zero-order valence-electron chi connectivity index (χ0n) is 14.4. The molecule has 0 saturated carbocycles. The van der Waals surface area contributed by atoms with Gasteiger partial charge in [-0.2, -0.15) is 0 Å². The van der Waals surface area contributed by atoms with Gasteiger partial charge in [0.25, 0.3) is 15.6 Å². The average molecular weight is 510 g/mol. The first kappa shape index (κ1) is 41.2. The number of hydrogen-bond donors (Lipinski definition) is 0. The van der Waals surface area contributed by atoms with Gasteiger partial charge in [0, 0.05) is 6.61 Å². The van der Waals surface area contributed by atoms with E-state index in [-0.39, 0.29) is 212 Å². The summed E-state index contributed by atoms with van der Waals surface area (Å²) in [4.78, 5) is 41.8. The van der Waals surface area contributed by atoms with Crippen molar-refractivity contribution < 1.29 is 257 Å². The number of hydrogen-bond acceptors (Lipinski definition) is 11. The molecule has 11 nitrogen and oxygen atoms in total. The summed E-state index contributed by atoms with van der Waals surface area (Å²) < 4.78 is 47.1. The maximum Gasteiger partial charge on any atom is 1.00 e. The van der Waals surface area contributed by atoms with Crippen molar-refractivity contribution in [3.8, 4) is 0 Å². The third kappa shape index (κ3) is 28.9. The molecule has 0 amide bonds. The molecule has 0 aliphatic carbocycles. The Morgan fingerprint density at radius 2 is 1.25 bits per heavy atom. The molecule has 0 heterocycles. The molecular formula is C6H13K4O11P3. The van der Waals surface area contributed by atoms with Gasteiger partial charge in [-0.15, -0.1) is 0 Å². The molecule has 0 N–H and O–H groups in total. The molecule has 0 aromatic rings. The van der Waals surface area contributed by atoms with Crippen LogP contribution >= 0.6 is 23.5 Å². The van der Waals surface area contributed by atoms with E-state index in [1.54, 1.807) is 0 Å². The smallest absolute Gasteiger partial charge is 0.790 e. The molecule has 0 aromatic carbocycles. The average Bonchev–Trinajstić information content (AvgIpc) is 2.17. The molecule has 18 heteroatoms. The topological polar surface area (TPSA) is 180 Å². The van der Waals surface area contributed by atoms with Gasteiger partial charge in [-0.1, -0.05) is 13.3 Å². The summed E-state index contributed by atoms with van der Waals surface area (Å²) in [5, 5.41) is 0. The molecule has 0 fully saturated rings. The summed E-state index contributed by atoms with van der Waals surface area (Å²) in [7, 11) is -17.2. The quantitative estimate of drug-likeness (QED) is 0.146. The summed E-state index contributed by atoms with van der Waals surface area (Å²) in [6.45, 7) is 1.58. The second kappa shape index (κ2) is 21.7. The molecule has 24 heavy (non-hydrogen) atoms. The van der Waals surface area contributed by atoms with E-state index in [0.29, 0.717) is 6.61 Å². The molecule has 0 radical (unpaired) electrons. The van der Waals surface area contributed by atoms with Crippen LogP contribution in [0, 0.1) is 0 Å². The normalized spacial score (nSPS) is 15.4. The molecule has 2 atom stereocenters. The van der Waals surface area contributed by atoms with Gasteiger partial charge in [0.1, 0.15) is 0 Å². The summed E-state index contributed by atoms with van der Waals surface area (Å²) in [6.07, 6.45) is 1.61. The molecule has 2 unspecified atom stereocenters. The third-order valence-corrected chi connectivity index (χ3v) is 5.22. The van der Waals surface area contributed by atoms with E-state index in [1.165, 1.54) is 0 Å². The minimum absolute atomic E-state index is 0. The van der Waals surface area contributed by atoms with Crippen LogP contribution in [0.5, 0.6) is 0 Å². The monoisotopic (exact) mass is 510 g/mol. The van der Waals surface area contributed by atoms with E-state index in [0.717, 1.165) is 12.8 Å². The van der Waals surface area contributed by atoms with E-state index in [2.05, 4.69) is 13.1 Å². The Morgan fingerprint density at radius 3 is 1.67 bits per heavy atom. The van der Waals surface area contributed by atoms with Crippen LogP contribution in [0.15, 0.2) is 0 Å². The summed E-state index contributed by atoms with van der Waals surface area (Å²) in [6, 6.07) is 0. The first-order chi connectivity index (χ1) is 8.97. The van der Waals surface area contributed by atoms with E-state index >= 15 is 0 Å². The fourth-order valence-electron chi connectivity index (χ4n) is 0.840. The molecule has 0 aliphatic heterocycles. The van der Waals surface area contributed by atoms with Crippen LogP contribution < -0.4 is 225 Å². The van der Waals surface area contributed by atoms with Gasteiger partial charge in [0.05, 0.1) is 21.0 Å². The van der Waals surface area contributed by atoms with Crippen LogP contribution in [0.3, 0.4) is 0 Å². The summed E-state index contributed by atoms with van der Waals surface area (Å²) in [5.74, 6) is 0. The molecule has 0 bridgehead atoms. The standard InChI is InChI=1S/C6H17O11P3.4K/c1-2-3-4-14-5-6-15-19(10,11)17-20(12,13)16-18(7,8)9;;;;/h2-6H2,1H3,(H,10,11)(H,12,13)(H2,7,8,9);;;;/q;4*+1/p-4. The van der Waals surface area contributed by atoms with E-state index < -0.39 is 30.1 Å². The number of phosphoric acid groups is 3. The van der Waals surface area contributed by atoms with Crippen LogP contribution in [0.25, 0.3) is 0 Å². The van der Waals surface area contributed by atoms with Crippen molar-refractivity contribution in [2.45, 2.75) is 19.8 Å². The molecule has 0 aromatic heterocycles. The molecular weight excluding hydrogens is 497 g/mol. The number of unbranched alkanes of at least 4 members (excludes halogenated alkanes) is 1. The minimum atomic E-state index is -5.96. The third-order valence-electron chi connectivity index (χ3n) is 1.52. The Bertz CT molecular complexity index is 432. The molecule has 0 rings (SSSR count). The Kier molecular flexibility index (Phi) is 37.3. The first-order valence-electron chi connectivity index (χ1n) is 5.26. The zero-order chi connectivity index (χ0) is 15.9. The predicted molar refractivity (Wildman–Crippen MR) is 56.7 cm³/mol. The van der Waals surface area contributed by atoms with E-state index in [9.17, 15) is 33.3 Å². The SMILES string of the molecule is CCCCOCCOP(=O)([O-])OP(=O)([O-])OP(=O)([O-])[O-].[K+].[K+].[K+].[K+]. The maximum absolute atomic E-state index is 11.0. The van der Waals surface area contributed by atoms with Crippen LogP contribution in [0.4, 0.5) is 0 Å². The Hall–Kier alpha value is 6.92. The van der Waals surface area contributed by atoms with Gasteiger partial charge in [-0.05, 0) is 6.42 Å². The number of rotatable bonds is 11. The van der Waals surface area contributed by atoms with Gasteiger partial charge < -0.3 is 33.4 Å². The van der Waals surface area contributed by atoms with Crippen LogP contribution in [0.1, 0.15) is 19.8 Å². The van der Waals surface area contributed by atoms with Crippen molar-refractivity contribution in [2.24, 2.45) is 0 Å². The Morgan fingerprint density at radius 1 is 0.750 bits per heavy atom. The van der Waals surface area contributed by atoms with Gasteiger partial charge in [-0.3, -0.25) is 13.4 Å². The van der Waals surface area contributed by atoms with Crippen molar-refractivity contribution in [1.29, 1.82) is 0 Å². The summed E-state index contributed by atoms with van der Waals surface area (Å²) in [5.41, 5.74) is 0. The molecule has 0 saturated heterocycles. The van der Waals surface area contributed by atoms with Gasteiger partial charge in [0.2, 0.25) is 0 Å². The van der Waals surface area contributed by atoms with Gasteiger partial charge >= 0.3 is 206 Å². The van der Waals surface area contributed by atoms with Crippen molar-refractivity contribution >= 4 is 23.5 Å². The second-order valence-corrected chi connectivity index (χ2v) is 7.55. The van der Waals surface area contributed by atoms with Crippen molar-refractivity contribution in [3.05, 3.63) is 0 Å². The summed E-state index contributed by atoms with van der Waals surface area (Å²) >= 11 is 0. The largest absolute Gasteiger partial charge is 1.00 e. The van der Waals surface area contributed by atoms with Crippen LogP contribution in [-0.2, 0) is 31.6 Å². The fourth-order valence-corrected chi connectivity index (χ4v) is 3.67. The second-order valence-electron chi connectivity index (χ2n) is 3.30. The zero-order valence-corrected chi connectivity index (χ0v) is 29.5. The predicted octanol–water partition coefficient (Wildman–Crippen LogP) is -13.4. The fraction of sp³-hybridized carbons (Fsp3) is 1.00. The van der Waals surface area contributed by atoms with E-state index in [1.807, 2.05) is 6.92 Å². The van der Waals surface area contributed by atoms with Crippen molar-refractivity contribution in [1.82, 2.24) is 0 Å². The van der Waals surface area contributed by atoms with Crippen LogP contribution in [-0.4, -0.2) is 19.8 Å². The van der Waals surface area contributed by atoms with Crippen molar-refractivity contribution in [2.75, 3.05) is 19.8 Å². The minimum Gasteiger partial charge on any atom is -0.790 e. The number of ether oxygens (including phenoxy) is 1. The van der Waals surface area contributed by atoms with Crippen LogP contribution in [0.2, 0.25) is 0 Å². The Labute approximate surface area is 311 Å². The number of phosphoric ester groups is 1. The van der Waals surface area contributed by atoms with E-state index in [4.69, 9.17) is 4.74 Å². The Balaban J connectivity index is -0.000000301. The maximum atomic E-state index is 11.0. The molecule has 122 valence electrons. The van der Waals surface area contributed by atoms with Crippen molar-refractivity contribution in [3.63, 3.8) is 0 Å². The van der Waals surface area contributed by atoms with Gasteiger partial charge in [0.15, 0.2) is 0 Å². The molecule has 0 spiro atoms. The molecule has 0 aliphatic rings.